The normalized spacial score (nSPS) is 26.9. The third-order valence-corrected chi connectivity index (χ3v) is 5.55. The number of alkyl halides is 3. The number of likely N-dealkylation sites (tertiary alicyclic amines) is 2. The number of rotatable bonds is 5. The van der Waals surface area contributed by atoms with Crippen LogP contribution >= 0.6 is 0 Å². The number of hydrogen-bond donors (Lipinski definition) is 0. The summed E-state index contributed by atoms with van der Waals surface area (Å²) >= 11 is 0. The molecule has 3 rings (SSSR count). The Bertz CT molecular complexity index is 543. The Labute approximate surface area is 148 Å². The average Bonchev–Trinajstić information content (AvgIpc) is 2.95. The molecule has 0 N–H and O–H groups in total. The van der Waals surface area contributed by atoms with Crippen LogP contribution in [0, 0.1) is 5.92 Å². The summed E-state index contributed by atoms with van der Waals surface area (Å²) < 4.78 is 39.2. The van der Waals surface area contributed by atoms with E-state index in [0.717, 1.165) is 26.1 Å². The Kier molecular flexibility index (Phi) is 6.04. The van der Waals surface area contributed by atoms with Crippen LogP contribution in [0.1, 0.15) is 44.9 Å². The molecule has 3 heterocycles. The Hall–Kier alpha value is -1.08. The first-order chi connectivity index (χ1) is 11.9. The van der Waals surface area contributed by atoms with Crippen molar-refractivity contribution in [1.29, 1.82) is 0 Å². The molecule has 1 aromatic heterocycles. The number of halogens is 3. The van der Waals surface area contributed by atoms with Crippen molar-refractivity contribution in [2.75, 3.05) is 26.2 Å². The van der Waals surface area contributed by atoms with Gasteiger partial charge in [0.2, 0.25) is 0 Å². The van der Waals surface area contributed by atoms with Gasteiger partial charge in [0.25, 0.3) is 0 Å². The van der Waals surface area contributed by atoms with Crippen LogP contribution in [-0.2, 0) is 13.1 Å². The first-order valence-corrected chi connectivity index (χ1v) is 9.44. The van der Waals surface area contributed by atoms with Gasteiger partial charge in [-0.1, -0.05) is 6.42 Å². The lowest BCUT2D eigenvalue weighted by Crippen LogP contribution is -2.45. The molecule has 2 saturated heterocycles. The monoisotopic (exact) mass is 358 g/mol. The van der Waals surface area contributed by atoms with Crippen LogP contribution in [0.25, 0.3) is 0 Å². The van der Waals surface area contributed by atoms with Crippen molar-refractivity contribution in [1.82, 2.24) is 19.4 Å². The first-order valence-electron chi connectivity index (χ1n) is 9.44. The van der Waals surface area contributed by atoms with Crippen LogP contribution in [-0.4, -0.2) is 57.7 Å². The van der Waals surface area contributed by atoms with Crippen LogP contribution in [0.3, 0.4) is 0 Å². The summed E-state index contributed by atoms with van der Waals surface area (Å²) in [5.41, 5.74) is 0. The van der Waals surface area contributed by atoms with Crippen molar-refractivity contribution < 1.29 is 13.2 Å². The molecule has 0 aromatic carbocycles. The van der Waals surface area contributed by atoms with E-state index < -0.39 is 12.7 Å². The van der Waals surface area contributed by atoms with Gasteiger partial charge in [-0.05, 0) is 51.6 Å². The predicted molar refractivity (Wildman–Crippen MR) is 91.2 cm³/mol. The van der Waals surface area contributed by atoms with Gasteiger partial charge in [-0.15, -0.1) is 0 Å². The zero-order valence-corrected chi connectivity index (χ0v) is 15.0. The third kappa shape index (κ3) is 5.45. The van der Waals surface area contributed by atoms with Gasteiger partial charge in [-0.3, -0.25) is 4.90 Å². The second kappa shape index (κ2) is 8.08. The maximum Gasteiger partial charge on any atom is 0.406 e. The van der Waals surface area contributed by atoms with Crippen molar-refractivity contribution in [2.24, 2.45) is 5.92 Å². The second-order valence-electron chi connectivity index (χ2n) is 7.67. The SMILES string of the molecule is CC1CCCCN1CC1CCCN(Cc2nccn2CC(F)(F)F)C1. The van der Waals surface area contributed by atoms with Crippen LogP contribution in [0.2, 0.25) is 0 Å². The van der Waals surface area contributed by atoms with Crippen molar-refractivity contribution >= 4 is 0 Å². The highest BCUT2D eigenvalue weighted by atomic mass is 19.4. The number of imidazole rings is 1. The fourth-order valence-corrected chi connectivity index (χ4v) is 4.23. The van der Waals surface area contributed by atoms with Gasteiger partial charge < -0.3 is 9.47 Å². The second-order valence-corrected chi connectivity index (χ2v) is 7.67. The summed E-state index contributed by atoms with van der Waals surface area (Å²) in [4.78, 5) is 9.03. The van der Waals surface area contributed by atoms with E-state index in [0.29, 0.717) is 24.3 Å². The molecule has 2 fully saturated rings. The van der Waals surface area contributed by atoms with Crippen molar-refractivity contribution in [3.05, 3.63) is 18.2 Å². The summed E-state index contributed by atoms with van der Waals surface area (Å²) in [5, 5.41) is 0. The highest BCUT2D eigenvalue weighted by Crippen LogP contribution is 2.24. The summed E-state index contributed by atoms with van der Waals surface area (Å²) in [6.07, 6.45) is 4.93. The average molecular weight is 358 g/mol. The Balaban J connectivity index is 1.54. The molecule has 0 amide bonds. The zero-order chi connectivity index (χ0) is 17.9. The highest BCUT2D eigenvalue weighted by molar-refractivity contribution is 4.94. The van der Waals surface area contributed by atoms with Crippen molar-refractivity contribution in [3.63, 3.8) is 0 Å². The molecule has 25 heavy (non-hydrogen) atoms. The number of piperidine rings is 2. The Morgan fingerprint density at radius 3 is 2.76 bits per heavy atom. The van der Waals surface area contributed by atoms with Crippen LogP contribution < -0.4 is 0 Å². The standard InChI is InChI=1S/C18H29F3N4/c1-15-5-2-3-9-24(15)12-16-6-4-8-23(11-16)13-17-22-7-10-25(17)14-18(19,20)21/h7,10,15-16H,2-6,8-9,11-14H2,1H3. The van der Waals surface area contributed by atoms with E-state index >= 15 is 0 Å². The van der Waals surface area contributed by atoms with Crippen LogP contribution in [0.5, 0.6) is 0 Å². The summed E-state index contributed by atoms with van der Waals surface area (Å²) in [5.74, 6) is 1.13. The Morgan fingerprint density at radius 1 is 1.16 bits per heavy atom. The third-order valence-electron chi connectivity index (χ3n) is 5.55. The van der Waals surface area contributed by atoms with Gasteiger partial charge in [0.1, 0.15) is 12.4 Å². The van der Waals surface area contributed by atoms with E-state index in [-0.39, 0.29) is 0 Å². The lowest BCUT2D eigenvalue weighted by Gasteiger charge is -2.39. The quantitative estimate of drug-likeness (QED) is 0.805. The van der Waals surface area contributed by atoms with Gasteiger partial charge >= 0.3 is 6.18 Å². The maximum atomic E-state index is 12.7. The minimum atomic E-state index is -4.20. The molecule has 1 aromatic rings. The van der Waals surface area contributed by atoms with Crippen LogP contribution in [0.4, 0.5) is 13.2 Å². The fourth-order valence-electron chi connectivity index (χ4n) is 4.23. The molecule has 2 aliphatic rings. The molecule has 7 heteroatoms. The summed E-state index contributed by atoms with van der Waals surface area (Å²) in [6.45, 7) is 6.09. The minimum absolute atomic E-state index is 0.509. The largest absolute Gasteiger partial charge is 0.406 e. The number of nitrogens with zero attached hydrogens (tertiary/aromatic N) is 4. The lowest BCUT2D eigenvalue weighted by atomic mass is 9.95. The number of hydrogen-bond acceptors (Lipinski definition) is 3. The molecule has 2 aliphatic heterocycles. The van der Waals surface area contributed by atoms with E-state index in [4.69, 9.17) is 0 Å². The number of aromatic nitrogens is 2. The molecular weight excluding hydrogens is 329 g/mol. The molecule has 0 bridgehead atoms. The highest BCUT2D eigenvalue weighted by Gasteiger charge is 2.30. The van der Waals surface area contributed by atoms with Crippen LogP contribution in [0.15, 0.2) is 12.4 Å². The van der Waals surface area contributed by atoms with Crippen molar-refractivity contribution in [2.45, 2.75) is 64.3 Å². The molecule has 0 spiro atoms. The predicted octanol–water partition coefficient (Wildman–Crippen LogP) is 3.53. The lowest BCUT2D eigenvalue weighted by molar-refractivity contribution is -0.141. The molecule has 0 aliphatic carbocycles. The molecule has 4 nitrogen and oxygen atoms in total. The van der Waals surface area contributed by atoms with E-state index in [1.165, 1.54) is 49.2 Å². The molecule has 2 atom stereocenters. The van der Waals surface area contributed by atoms with Gasteiger partial charge in [-0.25, -0.2) is 4.98 Å². The van der Waals surface area contributed by atoms with E-state index in [2.05, 4.69) is 21.7 Å². The van der Waals surface area contributed by atoms with Gasteiger partial charge in [0.05, 0.1) is 6.54 Å². The van der Waals surface area contributed by atoms with Gasteiger partial charge in [0, 0.05) is 31.5 Å². The van der Waals surface area contributed by atoms with Gasteiger partial charge in [0.15, 0.2) is 0 Å². The van der Waals surface area contributed by atoms with E-state index in [1.54, 1.807) is 0 Å². The molecule has 0 radical (unpaired) electrons. The summed E-state index contributed by atoms with van der Waals surface area (Å²) in [7, 11) is 0. The molecule has 0 saturated carbocycles. The fraction of sp³-hybridized carbons (Fsp3) is 0.833. The Morgan fingerprint density at radius 2 is 2.00 bits per heavy atom. The molecular formula is C18H29F3N4. The smallest absolute Gasteiger partial charge is 0.325 e. The minimum Gasteiger partial charge on any atom is -0.325 e. The van der Waals surface area contributed by atoms with Crippen molar-refractivity contribution in [3.8, 4) is 0 Å². The summed E-state index contributed by atoms with van der Waals surface area (Å²) in [6, 6.07) is 0.662. The van der Waals surface area contributed by atoms with Gasteiger partial charge in [-0.2, -0.15) is 13.2 Å². The zero-order valence-electron chi connectivity index (χ0n) is 15.0. The van der Waals surface area contributed by atoms with E-state index in [1.807, 2.05) is 0 Å². The molecule has 142 valence electrons. The molecule has 2 unspecified atom stereocenters. The first kappa shape index (κ1) is 18.7. The van der Waals surface area contributed by atoms with E-state index in [9.17, 15) is 13.2 Å². The maximum absolute atomic E-state index is 12.7. The topological polar surface area (TPSA) is 24.3 Å².